The largest absolute Gasteiger partial charge is 0.444 e. The Hall–Kier alpha value is -1.62. The first-order valence-electron chi connectivity index (χ1n) is 7.56. The van der Waals surface area contributed by atoms with Crippen molar-refractivity contribution < 1.29 is 9.53 Å². The van der Waals surface area contributed by atoms with Crippen molar-refractivity contribution >= 4 is 6.09 Å². The maximum absolute atomic E-state index is 12.2. The first-order chi connectivity index (χ1) is 9.92. The minimum atomic E-state index is -0.422. The molecule has 2 atom stereocenters. The van der Waals surface area contributed by atoms with E-state index in [-0.39, 0.29) is 6.09 Å². The molecule has 1 aromatic heterocycles. The second-order valence-electron chi connectivity index (χ2n) is 6.95. The summed E-state index contributed by atoms with van der Waals surface area (Å²) in [5.74, 6) is 0. The molecule has 0 spiro atoms. The molecule has 3 aliphatic heterocycles. The van der Waals surface area contributed by atoms with Crippen molar-refractivity contribution in [3.63, 3.8) is 0 Å². The number of carbonyl (C=O) groups is 1. The minimum absolute atomic E-state index is 0.166. The van der Waals surface area contributed by atoms with Crippen LogP contribution in [0, 0.1) is 0 Å². The first-order valence-corrected chi connectivity index (χ1v) is 7.56. The molecule has 0 aliphatic carbocycles. The average molecular weight is 289 g/mol. The van der Waals surface area contributed by atoms with Crippen LogP contribution in [0.1, 0.15) is 32.9 Å². The lowest BCUT2D eigenvalue weighted by Crippen LogP contribution is -2.70. The van der Waals surface area contributed by atoms with Gasteiger partial charge in [0.1, 0.15) is 5.60 Å². The number of ether oxygens (including phenoxy) is 1. The number of hydrogen-bond acceptors (Lipinski definition) is 4. The van der Waals surface area contributed by atoms with E-state index in [9.17, 15) is 4.79 Å². The average Bonchev–Trinajstić information content (AvgIpc) is 2.37. The van der Waals surface area contributed by atoms with E-state index in [4.69, 9.17) is 4.74 Å². The predicted octanol–water partition coefficient (Wildman–Crippen LogP) is 2.28. The van der Waals surface area contributed by atoms with Gasteiger partial charge in [0.25, 0.3) is 0 Å². The topological polar surface area (TPSA) is 45.7 Å². The summed E-state index contributed by atoms with van der Waals surface area (Å²) >= 11 is 0. The molecule has 0 radical (unpaired) electrons. The molecule has 4 heterocycles. The lowest BCUT2D eigenvalue weighted by molar-refractivity contribution is -0.0784. The Kier molecular flexibility index (Phi) is 3.61. The molecule has 2 unspecified atom stereocenters. The van der Waals surface area contributed by atoms with Crippen molar-refractivity contribution in [2.75, 3.05) is 13.1 Å². The normalized spacial score (nSPS) is 25.4. The van der Waals surface area contributed by atoms with Crippen LogP contribution in [0.3, 0.4) is 0 Å². The number of hydrogen-bond donors (Lipinski definition) is 0. The van der Waals surface area contributed by atoms with Crippen LogP contribution in [0.4, 0.5) is 4.79 Å². The van der Waals surface area contributed by atoms with Crippen LogP contribution in [0.25, 0.3) is 0 Å². The molecule has 5 nitrogen and oxygen atoms in total. The Balaban J connectivity index is 1.56. The third-order valence-electron chi connectivity index (χ3n) is 3.98. The molecular weight excluding hydrogens is 266 g/mol. The Bertz CT molecular complexity index is 500. The summed E-state index contributed by atoms with van der Waals surface area (Å²) in [5, 5.41) is 0. The molecule has 5 heteroatoms. The lowest BCUT2D eigenvalue weighted by Gasteiger charge is -2.55. The highest BCUT2D eigenvalue weighted by molar-refractivity contribution is 5.70. The van der Waals surface area contributed by atoms with Crippen LogP contribution in [-0.4, -0.2) is 51.7 Å². The van der Waals surface area contributed by atoms with E-state index in [1.54, 1.807) is 0 Å². The van der Waals surface area contributed by atoms with Crippen LogP contribution < -0.4 is 0 Å². The smallest absolute Gasteiger partial charge is 0.410 e. The van der Waals surface area contributed by atoms with E-state index in [0.29, 0.717) is 12.1 Å². The van der Waals surface area contributed by atoms with Gasteiger partial charge >= 0.3 is 6.09 Å². The lowest BCUT2D eigenvalue weighted by atomic mass is 9.88. The molecule has 0 saturated carbocycles. The highest BCUT2D eigenvalue weighted by Gasteiger charge is 2.48. The summed E-state index contributed by atoms with van der Waals surface area (Å²) in [6.07, 6.45) is 2.76. The maximum atomic E-state index is 12.2. The minimum Gasteiger partial charge on any atom is -0.444 e. The van der Waals surface area contributed by atoms with Crippen molar-refractivity contribution in [1.82, 2.24) is 14.8 Å². The highest BCUT2D eigenvalue weighted by Crippen LogP contribution is 2.34. The number of amides is 1. The van der Waals surface area contributed by atoms with Gasteiger partial charge in [-0.25, -0.2) is 4.79 Å². The molecule has 114 valence electrons. The number of nitrogens with zero attached hydrogens (tertiary/aromatic N) is 3. The van der Waals surface area contributed by atoms with Gasteiger partial charge in [-0.1, -0.05) is 6.07 Å². The number of fused-ring (bicyclic) bond motifs is 2. The molecule has 1 aromatic rings. The first kappa shape index (κ1) is 14.3. The van der Waals surface area contributed by atoms with Crippen molar-refractivity contribution in [2.45, 2.75) is 51.4 Å². The quantitative estimate of drug-likeness (QED) is 0.838. The fraction of sp³-hybridized carbons (Fsp3) is 0.625. The van der Waals surface area contributed by atoms with Gasteiger partial charge in [0.05, 0.1) is 17.8 Å². The van der Waals surface area contributed by atoms with E-state index < -0.39 is 5.60 Å². The fourth-order valence-corrected chi connectivity index (χ4v) is 3.16. The summed E-state index contributed by atoms with van der Waals surface area (Å²) < 4.78 is 5.49. The summed E-state index contributed by atoms with van der Waals surface area (Å²) in [5.41, 5.74) is 0.664. The number of carbonyl (C=O) groups excluding carboxylic acids is 1. The van der Waals surface area contributed by atoms with Gasteiger partial charge in [-0.05, 0) is 39.3 Å². The Labute approximate surface area is 125 Å². The SMILES string of the molecule is CC(C)(C)OC(=O)N1C2CC1CN(Cc1ccccn1)C2. The number of pyridine rings is 1. The third kappa shape index (κ3) is 3.18. The van der Waals surface area contributed by atoms with Crippen LogP contribution in [0.15, 0.2) is 24.4 Å². The van der Waals surface area contributed by atoms with E-state index in [1.807, 2.05) is 50.1 Å². The van der Waals surface area contributed by atoms with Gasteiger partial charge in [0.2, 0.25) is 0 Å². The molecule has 0 N–H and O–H groups in total. The number of piperazine rings is 1. The Morgan fingerprint density at radius 3 is 2.62 bits per heavy atom. The number of piperidine rings is 1. The van der Waals surface area contributed by atoms with Crippen LogP contribution in [0.2, 0.25) is 0 Å². The Morgan fingerprint density at radius 2 is 2.05 bits per heavy atom. The molecule has 3 fully saturated rings. The zero-order valence-electron chi connectivity index (χ0n) is 13.0. The van der Waals surface area contributed by atoms with E-state index in [0.717, 1.165) is 31.7 Å². The molecule has 3 saturated heterocycles. The fourth-order valence-electron chi connectivity index (χ4n) is 3.16. The van der Waals surface area contributed by atoms with E-state index >= 15 is 0 Å². The molecule has 0 aromatic carbocycles. The van der Waals surface area contributed by atoms with Crippen molar-refractivity contribution in [3.8, 4) is 0 Å². The standard InChI is InChI=1S/C16H23N3O2/c1-16(2,3)21-15(20)19-13-8-14(19)11-18(10-13)9-12-6-4-5-7-17-12/h4-7,13-14H,8-11H2,1-3H3. The second kappa shape index (κ2) is 5.30. The Morgan fingerprint density at radius 1 is 1.33 bits per heavy atom. The van der Waals surface area contributed by atoms with E-state index in [1.165, 1.54) is 0 Å². The van der Waals surface area contributed by atoms with Gasteiger partial charge in [-0.2, -0.15) is 0 Å². The zero-order chi connectivity index (χ0) is 15.0. The summed E-state index contributed by atoms with van der Waals surface area (Å²) in [4.78, 5) is 20.9. The van der Waals surface area contributed by atoms with Gasteiger partial charge in [-0.15, -0.1) is 0 Å². The molecule has 4 rings (SSSR count). The summed E-state index contributed by atoms with van der Waals surface area (Å²) in [6.45, 7) is 8.41. The van der Waals surface area contributed by atoms with Crippen LogP contribution in [-0.2, 0) is 11.3 Å². The van der Waals surface area contributed by atoms with Crippen LogP contribution >= 0.6 is 0 Å². The third-order valence-corrected chi connectivity index (χ3v) is 3.98. The summed E-state index contributed by atoms with van der Waals surface area (Å²) in [7, 11) is 0. The van der Waals surface area contributed by atoms with E-state index in [2.05, 4.69) is 9.88 Å². The van der Waals surface area contributed by atoms with Crippen LogP contribution in [0.5, 0.6) is 0 Å². The van der Waals surface area contributed by atoms with Crippen molar-refractivity contribution in [2.24, 2.45) is 0 Å². The number of rotatable bonds is 2. The highest BCUT2D eigenvalue weighted by atomic mass is 16.6. The van der Waals surface area contributed by atoms with Crippen molar-refractivity contribution in [3.05, 3.63) is 30.1 Å². The molecule has 2 bridgehead atoms. The maximum Gasteiger partial charge on any atom is 0.410 e. The zero-order valence-corrected chi connectivity index (χ0v) is 13.0. The van der Waals surface area contributed by atoms with Gasteiger partial charge in [0.15, 0.2) is 0 Å². The van der Waals surface area contributed by atoms with Crippen molar-refractivity contribution in [1.29, 1.82) is 0 Å². The number of aromatic nitrogens is 1. The molecule has 21 heavy (non-hydrogen) atoms. The molecular formula is C16H23N3O2. The molecule has 3 aliphatic rings. The predicted molar refractivity (Wildman–Crippen MR) is 79.8 cm³/mol. The van der Waals surface area contributed by atoms with Gasteiger partial charge in [-0.3, -0.25) is 14.8 Å². The molecule has 1 amide bonds. The monoisotopic (exact) mass is 289 g/mol. The van der Waals surface area contributed by atoms with Gasteiger partial charge < -0.3 is 4.74 Å². The van der Waals surface area contributed by atoms with Gasteiger partial charge in [0, 0.05) is 25.8 Å². The second-order valence-corrected chi connectivity index (χ2v) is 6.95. The summed E-state index contributed by atoms with van der Waals surface area (Å²) in [6, 6.07) is 6.58.